The minimum atomic E-state index is 0.500. The van der Waals surface area contributed by atoms with E-state index in [1.165, 1.54) is 49.7 Å². The van der Waals surface area contributed by atoms with E-state index in [0.29, 0.717) is 11.3 Å². The number of hydrogen-bond acceptors (Lipinski definition) is 1. The molecule has 0 spiro atoms. The van der Waals surface area contributed by atoms with Gasteiger partial charge in [-0.1, -0.05) is 38.1 Å². The topological polar surface area (TPSA) is 12.9 Å². The molecule has 25 heavy (non-hydrogen) atoms. The van der Waals surface area contributed by atoms with Crippen LogP contribution in [0.25, 0.3) is 11.3 Å². The van der Waals surface area contributed by atoms with Crippen molar-refractivity contribution >= 4 is 0 Å². The standard InChI is InChI=1S/C24H29N/c1-16(2)21-7-8-25-23(12-21)20-3-5-22(6-4-20)24-13-17-9-18(14-24)11-19(10-17)15-24/h3-8,12,16-19H,9-11,13-15H2,1-2H3. The van der Waals surface area contributed by atoms with Gasteiger partial charge in [-0.3, -0.25) is 4.98 Å². The highest BCUT2D eigenvalue weighted by Gasteiger charge is 2.51. The maximum absolute atomic E-state index is 4.61. The summed E-state index contributed by atoms with van der Waals surface area (Å²) in [4.78, 5) is 4.61. The number of aromatic nitrogens is 1. The predicted molar refractivity (Wildman–Crippen MR) is 104 cm³/mol. The molecule has 1 aromatic carbocycles. The van der Waals surface area contributed by atoms with E-state index in [0.717, 1.165) is 23.4 Å². The van der Waals surface area contributed by atoms with Crippen LogP contribution in [0.3, 0.4) is 0 Å². The fourth-order valence-electron chi connectivity index (χ4n) is 6.42. The van der Waals surface area contributed by atoms with Crippen LogP contribution in [0.15, 0.2) is 42.6 Å². The van der Waals surface area contributed by atoms with Crippen molar-refractivity contribution in [2.75, 3.05) is 0 Å². The molecular formula is C24H29N. The lowest BCUT2D eigenvalue weighted by Crippen LogP contribution is -2.48. The highest BCUT2D eigenvalue weighted by Crippen LogP contribution is 2.60. The van der Waals surface area contributed by atoms with Gasteiger partial charge in [0.25, 0.3) is 0 Å². The second-order valence-electron chi connectivity index (χ2n) is 9.40. The summed E-state index contributed by atoms with van der Waals surface area (Å²) in [5, 5.41) is 0. The zero-order valence-corrected chi connectivity index (χ0v) is 15.5. The molecule has 0 atom stereocenters. The monoisotopic (exact) mass is 331 g/mol. The van der Waals surface area contributed by atoms with Crippen LogP contribution in [0.2, 0.25) is 0 Å². The molecule has 4 fully saturated rings. The van der Waals surface area contributed by atoms with Crippen molar-refractivity contribution in [1.82, 2.24) is 4.98 Å². The molecule has 0 saturated heterocycles. The van der Waals surface area contributed by atoms with Crippen LogP contribution in [0.4, 0.5) is 0 Å². The van der Waals surface area contributed by atoms with Crippen molar-refractivity contribution in [2.45, 2.75) is 63.7 Å². The molecule has 4 bridgehead atoms. The Morgan fingerprint density at radius 2 is 1.48 bits per heavy atom. The van der Waals surface area contributed by atoms with Crippen LogP contribution in [0.1, 0.15) is 69.4 Å². The van der Waals surface area contributed by atoms with Gasteiger partial charge in [-0.25, -0.2) is 0 Å². The molecule has 4 aliphatic rings. The molecule has 0 N–H and O–H groups in total. The van der Waals surface area contributed by atoms with Gasteiger partial charge in [0.2, 0.25) is 0 Å². The molecular weight excluding hydrogens is 302 g/mol. The van der Waals surface area contributed by atoms with E-state index < -0.39 is 0 Å². The van der Waals surface area contributed by atoms with Crippen LogP contribution in [0, 0.1) is 17.8 Å². The van der Waals surface area contributed by atoms with Gasteiger partial charge in [0.15, 0.2) is 0 Å². The lowest BCUT2D eigenvalue weighted by Gasteiger charge is -2.57. The van der Waals surface area contributed by atoms with Crippen molar-refractivity contribution in [3.8, 4) is 11.3 Å². The van der Waals surface area contributed by atoms with Crippen molar-refractivity contribution < 1.29 is 0 Å². The molecule has 2 aromatic rings. The maximum Gasteiger partial charge on any atom is 0.0704 e. The van der Waals surface area contributed by atoms with Crippen LogP contribution in [-0.4, -0.2) is 4.98 Å². The molecule has 1 heteroatoms. The van der Waals surface area contributed by atoms with Crippen LogP contribution in [-0.2, 0) is 5.41 Å². The number of rotatable bonds is 3. The average Bonchev–Trinajstić information content (AvgIpc) is 2.61. The van der Waals surface area contributed by atoms with E-state index in [9.17, 15) is 0 Å². The molecule has 4 saturated carbocycles. The van der Waals surface area contributed by atoms with Crippen molar-refractivity contribution in [2.24, 2.45) is 17.8 Å². The molecule has 1 nitrogen and oxygen atoms in total. The molecule has 130 valence electrons. The summed E-state index contributed by atoms with van der Waals surface area (Å²) in [5.74, 6) is 3.58. The first kappa shape index (κ1) is 15.6. The van der Waals surface area contributed by atoms with E-state index >= 15 is 0 Å². The summed E-state index contributed by atoms with van der Waals surface area (Å²) in [6.07, 6.45) is 10.8. The van der Waals surface area contributed by atoms with E-state index in [2.05, 4.69) is 55.2 Å². The molecule has 0 amide bonds. The summed E-state index contributed by atoms with van der Waals surface area (Å²) in [7, 11) is 0. The second-order valence-corrected chi connectivity index (χ2v) is 9.40. The Morgan fingerprint density at radius 1 is 0.880 bits per heavy atom. The third kappa shape index (κ3) is 2.63. The molecule has 1 aromatic heterocycles. The van der Waals surface area contributed by atoms with Gasteiger partial charge >= 0.3 is 0 Å². The Labute approximate surface area is 151 Å². The van der Waals surface area contributed by atoms with Gasteiger partial charge in [0.1, 0.15) is 0 Å². The van der Waals surface area contributed by atoms with Gasteiger partial charge in [-0.05, 0) is 90.9 Å². The number of pyridine rings is 1. The minimum Gasteiger partial charge on any atom is -0.256 e. The molecule has 0 radical (unpaired) electrons. The van der Waals surface area contributed by atoms with Crippen molar-refractivity contribution in [3.05, 3.63) is 53.7 Å². The summed E-state index contributed by atoms with van der Waals surface area (Å²) >= 11 is 0. The molecule has 0 aliphatic heterocycles. The van der Waals surface area contributed by atoms with Gasteiger partial charge in [-0.2, -0.15) is 0 Å². The van der Waals surface area contributed by atoms with Crippen LogP contribution < -0.4 is 0 Å². The smallest absolute Gasteiger partial charge is 0.0704 e. The van der Waals surface area contributed by atoms with E-state index in [4.69, 9.17) is 0 Å². The highest BCUT2D eigenvalue weighted by molar-refractivity contribution is 5.60. The van der Waals surface area contributed by atoms with Crippen LogP contribution in [0.5, 0.6) is 0 Å². The van der Waals surface area contributed by atoms with Crippen molar-refractivity contribution in [3.63, 3.8) is 0 Å². The fraction of sp³-hybridized carbons (Fsp3) is 0.542. The quantitative estimate of drug-likeness (QED) is 0.639. The first-order valence-electron chi connectivity index (χ1n) is 10.2. The zero-order chi connectivity index (χ0) is 17.0. The summed E-state index contributed by atoms with van der Waals surface area (Å²) in [6.45, 7) is 4.49. The number of benzene rings is 1. The molecule has 4 aliphatic carbocycles. The number of nitrogens with zero attached hydrogens (tertiary/aromatic N) is 1. The third-order valence-electron chi connectivity index (χ3n) is 7.28. The number of hydrogen-bond donors (Lipinski definition) is 0. The zero-order valence-electron chi connectivity index (χ0n) is 15.5. The second kappa shape index (κ2) is 5.69. The lowest BCUT2D eigenvalue weighted by molar-refractivity contribution is -0.00518. The average molecular weight is 332 g/mol. The van der Waals surface area contributed by atoms with Gasteiger partial charge in [0, 0.05) is 11.8 Å². The van der Waals surface area contributed by atoms with Crippen molar-refractivity contribution in [1.29, 1.82) is 0 Å². The molecule has 6 rings (SSSR count). The Balaban J connectivity index is 1.45. The molecule has 1 heterocycles. The summed E-state index contributed by atoms with van der Waals surface area (Å²) < 4.78 is 0. The molecule has 0 unspecified atom stereocenters. The van der Waals surface area contributed by atoms with Gasteiger partial charge < -0.3 is 0 Å². The largest absolute Gasteiger partial charge is 0.256 e. The fourth-order valence-corrected chi connectivity index (χ4v) is 6.42. The third-order valence-corrected chi connectivity index (χ3v) is 7.28. The van der Waals surface area contributed by atoms with E-state index in [1.54, 1.807) is 5.56 Å². The van der Waals surface area contributed by atoms with Crippen LogP contribution >= 0.6 is 0 Å². The maximum atomic E-state index is 4.61. The summed E-state index contributed by atoms with van der Waals surface area (Å²) in [5.41, 5.74) is 5.85. The van der Waals surface area contributed by atoms with E-state index in [-0.39, 0.29) is 0 Å². The normalized spacial score (nSPS) is 33.2. The Kier molecular flexibility index (Phi) is 3.55. The predicted octanol–water partition coefficient (Wildman–Crippen LogP) is 6.34. The first-order valence-corrected chi connectivity index (χ1v) is 10.2. The van der Waals surface area contributed by atoms with E-state index in [1.807, 2.05) is 6.20 Å². The summed E-state index contributed by atoms with van der Waals surface area (Å²) in [6, 6.07) is 13.9. The Bertz CT molecular complexity index is 736. The first-order chi connectivity index (χ1) is 12.1. The Hall–Kier alpha value is -1.63. The van der Waals surface area contributed by atoms with Gasteiger partial charge in [0.05, 0.1) is 5.69 Å². The van der Waals surface area contributed by atoms with Gasteiger partial charge in [-0.15, -0.1) is 0 Å². The lowest BCUT2D eigenvalue weighted by atomic mass is 9.48. The Morgan fingerprint density at radius 3 is 2.04 bits per heavy atom. The minimum absolute atomic E-state index is 0.500. The highest BCUT2D eigenvalue weighted by atomic mass is 14.7. The SMILES string of the molecule is CC(C)c1ccnc(-c2ccc(C34CC5CC(CC(C5)C3)C4)cc2)c1.